The Hall–Kier alpha value is -0.670. The van der Waals surface area contributed by atoms with E-state index in [1.54, 1.807) is 11.3 Å². The molecule has 2 atom stereocenters. The van der Waals surface area contributed by atoms with E-state index in [4.69, 9.17) is 16.6 Å². The minimum Gasteiger partial charge on any atom is -0.222 e. The summed E-state index contributed by atoms with van der Waals surface area (Å²) in [5.74, 6) is 2.25. The molecular formula is C15H19ClN2S. The molecule has 0 amide bonds. The summed E-state index contributed by atoms with van der Waals surface area (Å²) in [5, 5.41) is 1.66. The van der Waals surface area contributed by atoms with Crippen LogP contribution < -0.4 is 0 Å². The van der Waals surface area contributed by atoms with Gasteiger partial charge in [-0.15, -0.1) is 11.3 Å². The second kappa shape index (κ2) is 5.37. The fourth-order valence-corrected chi connectivity index (χ4v) is 4.24. The molecule has 1 aliphatic carbocycles. The van der Waals surface area contributed by atoms with Crippen molar-refractivity contribution in [3.8, 4) is 0 Å². The van der Waals surface area contributed by atoms with Gasteiger partial charge >= 0.3 is 0 Å². The molecule has 0 aliphatic heterocycles. The zero-order valence-electron chi connectivity index (χ0n) is 11.4. The van der Waals surface area contributed by atoms with Crippen molar-refractivity contribution in [2.24, 2.45) is 5.92 Å². The maximum Gasteiger partial charge on any atom is 0.141 e. The van der Waals surface area contributed by atoms with Gasteiger partial charge in [-0.25, -0.2) is 9.97 Å². The van der Waals surface area contributed by atoms with Crippen LogP contribution in [0, 0.1) is 5.92 Å². The molecule has 1 aliphatic rings. The first-order valence-corrected chi connectivity index (χ1v) is 8.32. The van der Waals surface area contributed by atoms with Crippen molar-refractivity contribution < 1.29 is 0 Å². The van der Waals surface area contributed by atoms with E-state index in [0.29, 0.717) is 11.1 Å². The molecule has 1 saturated carbocycles. The third kappa shape index (κ3) is 2.63. The predicted molar refractivity (Wildman–Crippen MR) is 82.2 cm³/mol. The van der Waals surface area contributed by atoms with Crippen LogP contribution in [-0.2, 0) is 6.42 Å². The Morgan fingerprint density at radius 1 is 1.37 bits per heavy atom. The van der Waals surface area contributed by atoms with Crippen LogP contribution in [0.15, 0.2) is 6.07 Å². The van der Waals surface area contributed by atoms with E-state index < -0.39 is 0 Å². The number of nitrogens with zero attached hydrogens (tertiary/aromatic N) is 2. The lowest BCUT2D eigenvalue weighted by atomic mass is 9.82. The number of aromatic nitrogens is 2. The van der Waals surface area contributed by atoms with E-state index >= 15 is 0 Å². The average molecular weight is 295 g/mol. The second-order valence-electron chi connectivity index (χ2n) is 5.63. The van der Waals surface area contributed by atoms with Gasteiger partial charge in [0, 0.05) is 16.2 Å². The van der Waals surface area contributed by atoms with Crippen LogP contribution in [0.1, 0.15) is 56.2 Å². The number of halogens is 1. The van der Waals surface area contributed by atoms with E-state index in [0.717, 1.165) is 28.4 Å². The summed E-state index contributed by atoms with van der Waals surface area (Å²) in [7, 11) is 0. The Morgan fingerprint density at radius 3 is 2.95 bits per heavy atom. The number of rotatable bonds is 2. The van der Waals surface area contributed by atoms with Gasteiger partial charge < -0.3 is 0 Å². The first-order chi connectivity index (χ1) is 9.17. The largest absolute Gasteiger partial charge is 0.222 e. The zero-order chi connectivity index (χ0) is 13.4. The molecule has 2 heterocycles. The third-order valence-corrected chi connectivity index (χ3v) is 5.53. The zero-order valence-corrected chi connectivity index (χ0v) is 13.0. The van der Waals surface area contributed by atoms with Crippen LogP contribution in [0.4, 0.5) is 0 Å². The van der Waals surface area contributed by atoms with Crippen molar-refractivity contribution in [2.45, 2.75) is 51.9 Å². The molecular weight excluding hydrogens is 276 g/mol. The standard InChI is InChI=1S/C15H19ClN2S/c1-3-11-8-12-13(16)17-14(18-15(12)19-11)10-6-4-5-9(2)7-10/h8-10H,3-7H2,1-2H3. The van der Waals surface area contributed by atoms with E-state index in [1.807, 2.05) is 0 Å². The molecule has 4 heteroatoms. The van der Waals surface area contributed by atoms with Crippen LogP contribution >= 0.6 is 22.9 Å². The van der Waals surface area contributed by atoms with Crippen LogP contribution in [0.2, 0.25) is 5.15 Å². The summed E-state index contributed by atoms with van der Waals surface area (Å²) in [4.78, 5) is 11.7. The lowest BCUT2D eigenvalue weighted by Crippen LogP contribution is -2.14. The molecule has 0 radical (unpaired) electrons. The highest BCUT2D eigenvalue weighted by atomic mass is 35.5. The van der Waals surface area contributed by atoms with Crippen molar-refractivity contribution in [3.05, 3.63) is 21.9 Å². The quantitative estimate of drug-likeness (QED) is 0.711. The summed E-state index contributed by atoms with van der Waals surface area (Å²) >= 11 is 8.10. The van der Waals surface area contributed by atoms with Crippen molar-refractivity contribution in [2.75, 3.05) is 0 Å². The minimum atomic E-state index is 0.498. The van der Waals surface area contributed by atoms with Crippen molar-refractivity contribution in [3.63, 3.8) is 0 Å². The van der Waals surface area contributed by atoms with Crippen LogP contribution in [0.5, 0.6) is 0 Å². The van der Waals surface area contributed by atoms with Crippen LogP contribution in [0.25, 0.3) is 10.2 Å². The summed E-state index contributed by atoms with van der Waals surface area (Å²) in [5.41, 5.74) is 0. The molecule has 0 aromatic carbocycles. The van der Waals surface area contributed by atoms with Gasteiger partial charge in [-0.05, 0) is 31.2 Å². The molecule has 19 heavy (non-hydrogen) atoms. The Balaban J connectivity index is 1.99. The summed E-state index contributed by atoms with van der Waals surface area (Å²) in [6.45, 7) is 4.49. The van der Waals surface area contributed by atoms with Crippen LogP contribution in [-0.4, -0.2) is 9.97 Å². The monoisotopic (exact) mass is 294 g/mol. The molecule has 2 aromatic rings. The fraction of sp³-hybridized carbons (Fsp3) is 0.600. The Labute approximate surface area is 123 Å². The smallest absolute Gasteiger partial charge is 0.141 e. The maximum atomic E-state index is 6.34. The molecule has 1 fully saturated rings. The molecule has 0 spiro atoms. The number of thiophene rings is 1. The second-order valence-corrected chi connectivity index (χ2v) is 7.10. The highest BCUT2D eigenvalue weighted by Gasteiger charge is 2.24. The summed E-state index contributed by atoms with van der Waals surface area (Å²) in [6.07, 6.45) is 6.07. The lowest BCUT2D eigenvalue weighted by Gasteiger charge is -2.25. The molecule has 102 valence electrons. The van der Waals surface area contributed by atoms with Gasteiger partial charge in [-0.3, -0.25) is 0 Å². The molecule has 0 N–H and O–H groups in total. The van der Waals surface area contributed by atoms with E-state index in [1.165, 1.54) is 30.6 Å². The third-order valence-electron chi connectivity index (χ3n) is 4.06. The van der Waals surface area contributed by atoms with Crippen molar-refractivity contribution in [1.82, 2.24) is 9.97 Å². The number of fused-ring (bicyclic) bond motifs is 1. The van der Waals surface area contributed by atoms with Gasteiger partial charge in [0.15, 0.2) is 0 Å². The Bertz CT molecular complexity index is 593. The van der Waals surface area contributed by atoms with Crippen molar-refractivity contribution in [1.29, 1.82) is 0 Å². The van der Waals surface area contributed by atoms with Gasteiger partial charge in [-0.1, -0.05) is 38.3 Å². The number of hydrogen-bond acceptors (Lipinski definition) is 3. The Kier molecular flexibility index (Phi) is 3.77. The summed E-state index contributed by atoms with van der Waals surface area (Å²) in [6, 6.07) is 2.13. The van der Waals surface area contributed by atoms with E-state index in [9.17, 15) is 0 Å². The molecule has 2 unspecified atom stereocenters. The Morgan fingerprint density at radius 2 is 2.21 bits per heavy atom. The number of hydrogen-bond donors (Lipinski definition) is 0. The maximum absolute atomic E-state index is 6.34. The molecule has 3 rings (SSSR count). The molecule has 2 nitrogen and oxygen atoms in total. The molecule has 0 saturated heterocycles. The minimum absolute atomic E-state index is 0.498. The highest BCUT2D eigenvalue weighted by molar-refractivity contribution is 7.18. The van der Waals surface area contributed by atoms with E-state index in [-0.39, 0.29) is 0 Å². The first kappa shape index (κ1) is 13.3. The van der Waals surface area contributed by atoms with Gasteiger partial charge in [0.1, 0.15) is 15.8 Å². The SMILES string of the molecule is CCc1cc2c(Cl)nc(C3CCCC(C)C3)nc2s1. The molecule has 0 bridgehead atoms. The van der Waals surface area contributed by atoms with Crippen molar-refractivity contribution >= 4 is 33.2 Å². The van der Waals surface area contributed by atoms with Crippen LogP contribution in [0.3, 0.4) is 0 Å². The van der Waals surface area contributed by atoms with Gasteiger partial charge in [0.05, 0.1) is 0 Å². The highest BCUT2D eigenvalue weighted by Crippen LogP contribution is 2.37. The average Bonchev–Trinajstić information content (AvgIpc) is 2.82. The lowest BCUT2D eigenvalue weighted by molar-refractivity contribution is 0.336. The number of aryl methyl sites for hydroxylation is 1. The van der Waals surface area contributed by atoms with E-state index in [2.05, 4.69) is 24.9 Å². The summed E-state index contributed by atoms with van der Waals surface area (Å²) < 4.78 is 0. The van der Waals surface area contributed by atoms with Gasteiger partial charge in [0.25, 0.3) is 0 Å². The normalized spacial score (nSPS) is 23.9. The fourth-order valence-electron chi connectivity index (χ4n) is 2.98. The molecule has 2 aromatic heterocycles. The first-order valence-electron chi connectivity index (χ1n) is 7.13. The van der Waals surface area contributed by atoms with Gasteiger partial charge in [0.2, 0.25) is 0 Å². The topological polar surface area (TPSA) is 25.8 Å². The predicted octanol–water partition coefficient (Wildman–Crippen LogP) is 5.20. The van der Waals surface area contributed by atoms with Gasteiger partial charge in [-0.2, -0.15) is 0 Å².